The van der Waals surface area contributed by atoms with Crippen molar-refractivity contribution < 1.29 is 17.6 Å². The van der Waals surface area contributed by atoms with Crippen molar-refractivity contribution in [1.29, 1.82) is 0 Å². The van der Waals surface area contributed by atoms with Gasteiger partial charge in [0.1, 0.15) is 5.82 Å². The maximum absolute atomic E-state index is 12.9. The van der Waals surface area contributed by atoms with Gasteiger partial charge in [-0.25, -0.2) is 18.2 Å². The maximum atomic E-state index is 12.9. The SMILES string of the molecule is C/C(=N\NC(=O)Cc1ccc(F)cc1)c1ccc(NS(=O)(=O)c2ccc(C)cc2)cc1. The lowest BCUT2D eigenvalue weighted by Crippen LogP contribution is -2.21. The molecular formula is C23H22FN3O3S. The first-order chi connectivity index (χ1) is 14.7. The van der Waals surface area contributed by atoms with Gasteiger partial charge in [0.25, 0.3) is 10.0 Å². The Labute approximate surface area is 180 Å². The number of aryl methyl sites for hydroxylation is 1. The fourth-order valence-electron chi connectivity index (χ4n) is 2.75. The summed E-state index contributed by atoms with van der Waals surface area (Å²) in [5.41, 5.74) is 5.81. The van der Waals surface area contributed by atoms with E-state index >= 15 is 0 Å². The molecule has 8 heteroatoms. The maximum Gasteiger partial charge on any atom is 0.261 e. The number of hydrazone groups is 1. The van der Waals surface area contributed by atoms with Gasteiger partial charge in [-0.2, -0.15) is 5.10 Å². The third-order valence-electron chi connectivity index (χ3n) is 4.51. The molecule has 0 bridgehead atoms. The van der Waals surface area contributed by atoms with Crippen LogP contribution < -0.4 is 10.1 Å². The van der Waals surface area contributed by atoms with Gasteiger partial charge < -0.3 is 0 Å². The van der Waals surface area contributed by atoms with Crippen LogP contribution in [0.1, 0.15) is 23.6 Å². The van der Waals surface area contributed by atoms with Gasteiger partial charge in [0.05, 0.1) is 17.0 Å². The average Bonchev–Trinajstić information content (AvgIpc) is 2.74. The van der Waals surface area contributed by atoms with Crippen LogP contribution >= 0.6 is 0 Å². The number of carbonyl (C=O) groups excluding carboxylic acids is 1. The van der Waals surface area contributed by atoms with Crippen LogP contribution in [0, 0.1) is 12.7 Å². The van der Waals surface area contributed by atoms with Gasteiger partial charge in [0.15, 0.2) is 0 Å². The van der Waals surface area contributed by atoms with E-state index in [1.807, 2.05) is 6.92 Å². The minimum Gasteiger partial charge on any atom is -0.280 e. The number of benzene rings is 3. The fourth-order valence-corrected chi connectivity index (χ4v) is 3.81. The second kappa shape index (κ2) is 9.53. The standard InChI is InChI=1S/C23H22FN3O3S/c1-16-3-13-22(14-4-16)31(29,30)27-21-11-7-19(8-12-21)17(2)25-26-23(28)15-18-5-9-20(24)10-6-18/h3-14,27H,15H2,1-2H3,(H,26,28)/b25-17+. The van der Waals surface area contributed by atoms with Crippen LogP contribution in [0.25, 0.3) is 0 Å². The second-order valence-corrected chi connectivity index (χ2v) is 8.71. The molecule has 6 nitrogen and oxygen atoms in total. The molecule has 160 valence electrons. The van der Waals surface area contributed by atoms with E-state index in [0.29, 0.717) is 17.0 Å². The molecule has 0 radical (unpaired) electrons. The molecule has 0 spiro atoms. The Morgan fingerprint density at radius 3 is 2.16 bits per heavy atom. The van der Waals surface area contributed by atoms with Gasteiger partial charge in [0, 0.05) is 5.69 Å². The number of sulfonamides is 1. The zero-order valence-electron chi connectivity index (χ0n) is 17.1. The summed E-state index contributed by atoms with van der Waals surface area (Å²) in [6.07, 6.45) is 0.0801. The van der Waals surface area contributed by atoms with Crippen LogP contribution in [0.3, 0.4) is 0 Å². The Morgan fingerprint density at radius 1 is 0.935 bits per heavy atom. The van der Waals surface area contributed by atoms with Crippen molar-refractivity contribution in [3.05, 3.63) is 95.3 Å². The van der Waals surface area contributed by atoms with Crippen LogP contribution in [-0.4, -0.2) is 20.0 Å². The Balaban J connectivity index is 1.61. The molecule has 0 unspecified atom stereocenters. The Morgan fingerprint density at radius 2 is 1.55 bits per heavy atom. The molecule has 0 aliphatic heterocycles. The number of nitrogens with zero attached hydrogens (tertiary/aromatic N) is 1. The highest BCUT2D eigenvalue weighted by Gasteiger charge is 2.14. The van der Waals surface area contributed by atoms with Crippen molar-refractivity contribution in [3.63, 3.8) is 0 Å². The monoisotopic (exact) mass is 439 g/mol. The number of carbonyl (C=O) groups is 1. The number of hydrogen-bond donors (Lipinski definition) is 2. The zero-order chi connectivity index (χ0) is 22.4. The lowest BCUT2D eigenvalue weighted by atomic mass is 10.1. The van der Waals surface area contributed by atoms with E-state index in [1.165, 1.54) is 12.1 Å². The minimum absolute atomic E-state index is 0.0801. The number of anilines is 1. The highest BCUT2D eigenvalue weighted by Crippen LogP contribution is 2.17. The Hall–Kier alpha value is -3.52. The third kappa shape index (κ3) is 6.23. The quantitative estimate of drug-likeness (QED) is 0.431. The lowest BCUT2D eigenvalue weighted by molar-refractivity contribution is -0.120. The number of nitrogens with one attached hydrogen (secondary N) is 2. The summed E-state index contributed by atoms with van der Waals surface area (Å²) in [7, 11) is -3.68. The van der Waals surface area contributed by atoms with Crippen molar-refractivity contribution in [2.24, 2.45) is 5.10 Å². The van der Waals surface area contributed by atoms with E-state index in [1.54, 1.807) is 67.6 Å². The van der Waals surface area contributed by atoms with Crippen molar-refractivity contribution >= 4 is 27.3 Å². The summed E-state index contributed by atoms with van der Waals surface area (Å²) in [5, 5.41) is 4.07. The molecule has 0 aliphatic carbocycles. The molecular weight excluding hydrogens is 417 g/mol. The van der Waals surface area contributed by atoms with E-state index in [0.717, 1.165) is 11.1 Å². The van der Waals surface area contributed by atoms with Gasteiger partial charge in [-0.15, -0.1) is 0 Å². The molecule has 0 aromatic heterocycles. The summed E-state index contributed by atoms with van der Waals surface area (Å²) in [6, 6.07) is 18.9. The highest BCUT2D eigenvalue weighted by molar-refractivity contribution is 7.92. The largest absolute Gasteiger partial charge is 0.280 e. The predicted molar refractivity (Wildman–Crippen MR) is 119 cm³/mol. The van der Waals surface area contributed by atoms with Crippen molar-refractivity contribution in [3.8, 4) is 0 Å². The van der Waals surface area contributed by atoms with Crippen LogP contribution in [0.15, 0.2) is 82.8 Å². The molecule has 2 N–H and O–H groups in total. The molecule has 1 amide bonds. The summed E-state index contributed by atoms with van der Waals surface area (Å²) < 4.78 is 40.4. The van der Waals surface area contributed by atoms with E-state index in [2.05, 4.69) is 15.2 Å². The molecule has 0 aliphatic rings. The molecule has 3 aromatic rings. The van der Waals surface area contributed by atoms with Crippen LogP contribution in [0.4, 0.5) is 10.1 Å². The fraction of sp³-hybridized carbons (Fsp3) is 0.130. The van der Waals surface area contributed by atoms with E-state index in [-0.39, 0.29) is 23.0 Å². The summed E-state index contributed by atoms with van der Waals surface area (Å²) in [5.74, 6) is -0.684. The second-order valence-electron chi connectivity index (χ2n) is 7.03. The van der Waals surface area contributed by atoms with Crippen molar-refractivity contribution in [2.75, 3.05) is 4.72 Å². The smallest absolute Gasteiger partial charge is 0.261 e. The van der Waals surface area contributed by atoms with E-state index in [4.69, 9.17) is 0 Å². The number of amides is 1. The molecule has 0 fully saturated rings. The van der Waals surface area contributed by atoms with Crippen LogP contribution in [0.2, 0.25) is 0 Å². The summed E-state index contributed by atoms with van der Waals surface area (Å²) >= 11 is 0. The zero-order valence-corrected chi connectivity index (χ0v) is 17.9. The van der Waals surface area contributed by atoms with Crippen molar-refractivity contribution in [1.82, 2.24) is 5.43 Å². The van der Waals surface area contributed by atoms with Gasteiger partial charge in [-0.05, 0) is 61.4 Å². The van der Waals surface area contributed by atoms with Gasteiger partial charge >= 0.3 is 0 Å². The van der Waals surface area contributed by atoms with Crippen molar-refractivity contribution in [2.45, 2.75) is 25.2 Å². The normalized spacial score (nSPS) is 11.8. The molecule has 31 heavy (non-hydrogen) atoms. The summed E-state index contributed by atoms with van der Waals surface area (Å²) in [4.78, 5) is 12.2. The first-order valence-corrected chi connectivity index (χ1v) is 11.0. The number of halogens is 1. The van der Waals surface area contributed by atoms with Gasteiger partial charge in [0.2, 0.25) is 5.91 Å². The summed E-state index contributed by atoms with van der Waals surface area (Å²) in [6.45, 7) is 3.61. The van der Waals surface area contributed by atoms with Crippen LogP contribution in [0.5, 0.6) is 0 Å². The van der Waals surface area contributed by atoms with E-state index < -0.39 is 10.0 Å². The topological polar surface area (TPSA) is 87.6 Å². The number of hydrogen-bond acceptors (Lipinski definition) is 4. The molecule has 3 rings (SSSR count). The average molecular weight is 440 g/mol. The Bertz CT molecular complexity index is 1190. The first kappa shape index (κ1) is 22.2. The van der Waals surface area contributed by atoms with Gasteiger partial charge in [-0.1, -0.05) is 42.0 Å². The highest BCUT2D eigenvalue weighted by atomic mass is 32.2. The molecule has 0 saturated heterocycles. The predicted octanol–water partition coefficient (Wildman–Crippen LogP) is 4.02. The molecule has 0 atom stereocenters. The van der Waals surface area contributed by atoms with E-state index in [9.17, 15) is 17.6 Å². The molecule has 0 saturated carbocycles. The lowest BCUT2D eigenvalue weighted by Gasteiger charge is -2.09. The molecule has 3 aromatic carbocycles. The first-order valence-electron chi connectivity index (χ1n) is 9.50. The van der Waals surface area contributed by atoms with Gasteiger partial charge in [-0.3, -0.25) is 9.52 Å². The Kier molecular flexibility index (Phi) is 6.81. The number of rotatable bonds is 7. The minimum atomic E-state index is -3.68. The third-order valence-corrected chi connectivity index (χ3v) is 5.91. The van der Waals surface area contributed by atoms with Crippen LogP contribution in [-0.2, 0) is 21.2 Å². The molecule has 0 heterocycles.